The fraction of sp³-hybridized carbons (Fsp3) is 0.312. The van der Waals surface area contributed by atoms with E-state index in [1.54, 1.807) is 29.1 Å². The summed E-state index contributed by atoms with van der Waals surface area (Å²) in [6.07, 6.45) is 5.32. The van der Waals surface area contributed by atoms with Crippen LogP contribution in [0.4, 0.5) is 0 Å². The maximum Gasteiger partial charge on any atom is 0.306 e. The second kappa shape index (κ2) is 6.01. The number of benzene rings is 1. The minimum atomic E-state index is -0.780. The van der Waals surface area contributed by atoms with Crippen molar-refractivity contribution in [2.45, 2.75) is 25.3 Å². The fourth-order valence-electron chi connectivity index (χ4n) is 2.82. The molecular formula is C16H17N3O3. The standard InChI is InChI=1S/C16H17N3O3/c20-15(18-13-6-5-12(9-13)16(21)22)11-3-1-4-14(10-11)19-8-2-7-17-19/h1-4,7-8,10,12-13H,5-6,9H2,(H,18,20)(H,21,22). The SMILES string of the molecule is O=C(NC1CCC(C(=O)O)C1)c1cccc(-n2cccn2)c1. The normalized spacial score (nSPS) is 20.7. The van der Waals surface area contributed by atoms with E-state index >= 15 is 0 Å². The molecule has 0 aliphatic heterocycles. The van der Waals surface area contributed by atoms with Crippen LogP contribution in [-0.4, -0.2) is 32.8 Å². The highest BCUT2D eigenvalue weighted by molar-refractivity contribution is 5.95. The van der Waals surface area contributed by atoms with Gasteiger partial charge < -0.3 is 10.4 Å². The smallest absolute Gasteiger partial charge is 0.306 e. The summed E-state index contributed by atoms with van der Waals surface area (Å²) >= 11 is 0. The lowest BCUT2D eigenvalue weighted by molar-refractivity contribution is -0.141. The van der Waals surface area contributed by atoms with E-state index in [0.29, 0.717) is 24.8 Å². The van der Waals surface area contributed by atoms with Gasteiger partial charge >= 0.3 is 5.97 Å². The molecule has 1 heterocycles. The first-order valence-electron chi connectivity index (χ1n) is 7.27. The van der Waals surface area contributed by atoms with Crippen molar-refractivity contribution in [1.82, 2.24) is 15.1 Å². The summed E-state index contributed by atoms with van der Waals surface area (Å²) < 4.78 is 1.69. The Morgan fingerprint density at radius 2 is 2.14 bits per heavy atom. The first kappa shape index (κ1) is 14.3. The lowest BCUT2D eigenvalue weighted by atomic mass is 10.1. The topological polar surface area (TPSA) is 84.2 Å². The van der Waals surface area contributed by atoms with Crippen LogP contribution >= 0.6 is 0 Å². The zero-order valence-electron chi connectivity index (χ0n) is 12.0. The Morgan fingerprint density at radius 3 is 2.82 bits per heavy atom. The fourth-order valence-corrected chi connectivity index (χ4v) is 2.82. The van der Waals surface area contributed by atoms with Crippen molar-refractivity contribution in [3.63, 3.8) is 0 Å². The van der Waals surface area contributed by atoms with Gasteiger partial charge in [-0.1, -0.05) is 6.07 Å². The summed E-state index contributed by atoms with van der Waals surface area (Å²) in [7, 11) is 0. The number of nitrogens with zero attached hydrogens (tertiary/aromatic N) is 2. The summed E-state index contributed by atoms with van der Waals surface area (Å²) in [5.74, 6) is -1.30. The Kier molecular flexibility index (Phi) is 3.91. The van der Waals surface area contributed by atoms with Gasteiger partial charge in [0.25, 0.3) is 5.91 Å². The largest absolute Gasteiger partial charge is 0.481 e. The van der Waals surface area contributed by atoms with Crippen LogP contribution in [-0.2, 0) is 4.79 Å². The zero-order chi connectivity index (χ0) is 15.5. The lowest BCUT2D eigenvalue weighted by Gasteiger charge is -2.13. The van der Waals surface area contributed by atoms with Crippen LogP contribution < -0.4 is 5.32 Å². The van der Waals surface area contributed by atoms with E-state index in [9.17, 15) is 9.59 Å². The molecule has 3 rings (SSSR count). The van der Waals surface area contributed by atoms with Crippen LogP contribution in [0.2, 0.25) is 0 Å². The van der Waals surface area contributed by atoms with Crippen LogP contribution in [0.15, 0.2) is 42.7 Å². The number of rotatable bonds is 4. The molecule has 6 heteroatoms. The van der Waals surface area contributed by atoms with Crippen molar-refractivity contribution < 1.29 is 14.7 Å². The molecule has 1 aliphatic carbocycles. The van der Waals surface area contributed by atoms with E-state index in [1.807, 2.05) is 18.3 Å². The van der Waals surface area contributed by atoms with E-state index in [1.165, 1.54) is 0 Å². The minimum absolute atomic E-state index is 0.0676. The Bertz CT molecular complexity index is 682. The summed E-state index contributed by atoms with van der Waals surface area (Å²) in [5, 5.41) is 16.1. The molecule has 2 aromatic rings. The number of hydrogen-bond acceptors (Lipinski definition) is 3. The molecule has 2 N–H and O–H groups in total. The maximum absolute atomic E-state index is 12.3. The second-order valence-corrected chi connectivity index (χ2v) is 5.52. The van der Waals surface area contributed by atoms with Gasteiger partial charge in [-0.15, -0.1) is 0 Å². The van der Waals surface area contributed by atoms with Crippen LogP contribution in [0.1, 0.15) is 29.6 Å². The quantitative estimate of drug-likeness (QED) is 0.902. The molecule has 6 nitrogen and oxygen atoms in total. The molecule has 1 aliphatic rings. The maximum atomic E-state index is 12.3. The monoisotopic (exact) mass is 299 g/mol. The molecule has 114 valence electrons. The number of aliphatic carboxylic acids is 1. The van der Waals surface area contributed by atoms with Crippen molar-refractivity contribution in [2.75, 3.05) is 0 Å². The first-order valence-corrected chi connectivity index (χ1v) is 7.27. The molecule has 0 saturated heterocycles. The molecule has 0 radical (unpaired) electrons. The third-order valence-electron chi connectivity index (χ3n) is 3.99. The van der Waals surface area contributed by atoms with E-state index in [-0.39, 0.29) is 17.9 Å². The number of carbonyl (C=O) groups is 2. The van der Waals surface area contributed by atoms with Crippen LogP contribution in [0.5, 0.6) is 0 Å². The van der Waals surface area contributed by atoms with Crippen molar-refractivity contribution >= 4 is 11.9 Å². The minimum Gasteiger partial charge on any atom is -0.481 e. The first-order chi connectivity index (χ1) is 10.6. The Morgan fingerprint density at radius 1 is 1.27 bits per heavy atom. The number of carboxylic acids is 1. The van der Waals surface area contributed by atoms with Crippen molar-refractivity contribution in [2.24, 2.45) is 5.92 Å². The number of carbonyl (C=O) groups excluding carboxylic acids is 1. The van der Waals surface area contributed by atoms with E-state index in [2.05, 4.69) is 10.4 Å². The molecule has 0 bridgehead atoms. The third-order valence-corrected chi connectivity index (χ3v) is 3.99. The van der Waals surface area contributed by atoms with Gasteiger partial charge in [0.15, 0.2) is 0 Å². The number of hydrogen-bond donors (Lipinski definition) is 2. The molecule has 1 saturated carbocycles. The summed E-state index contributed by atoms with van der Waals surface area (Å²) in [5.41, 5.74) is 1.36. The molecular weight excluding hydrogens is 282 g/mol. The Balaban J connectivity index is 1.68. The third kappa shape index (κ3) is 3.00. The number of amides is 1. The highest BCUT2D eigenvalue weighted by Crippen LogP contribution is 2.26. The van der Waals surface area contributed by atoms with Crippen LogP contribution in [0, 0.1) is 5.92 Å². The van der Waals surface area contributed by atoms with Crippen LogP contribution in [0.25, 0.3) is 5.69 Å². The summed E-state index contributed by atoms with van der Waals surface area (Å²) in [6, 6.07) is 8.94. The van der Waals surface area contributed by atoms with Gasteiger partial charge in [-0.05, 0) is 43.5 Å². The van der Waals surface area contributed by atoms with E-state index < -0.39 is 5.97 Å². The molecule has 1 amide bonds. The molecule has 2 unspecified atom stereocenters. The Labute approximate surface area is 127 Å². The zero-order valence-corrected chi connectivity index (χ0v) is 12.0. The van der Waals surface area contributed by atoms with Gasteiger partial charge in [0, 0.05) is 24.0 Å². The lowest BCUT2D eigenvalue weighted by Crippen LogP contribution is -2.33. The highest BCUT2D eigenvalue weighted by Gasteiger charge is 2.30. The average molecular weight is 299 g/mol. The van der Waals surface area contributed by atoms with Crippen molar-refractivity contribution in [3.05, 3.63) is 48.3 Å². The highest BCUT2D eigenvalue weighted by atomic mass is 16.4. The molecule has 0 spiro atoms. The van der Waals surface area contributed by atoms with Crippen molar-refractivity contribution in [3.8, 4) is 5.69 Å². The average Bonchev–Trinajstić information content (AvgIpc) is 3.19. The van der Waals surface area contributed by atoms with Crippen LogP contribution in [0.3, 0.4) is 0 Å². The molecule has 1 aromatic heterocycles. The predicted octanol–water partition coefficient (Wildman–Crippen LogP) is 1.86. The summed E-state index contributed by atoms with van der Waals surface area (Å²) in [6.45, 7) is 0. The molecule has 1 fully saturated rings. The molecule has 2 atom stereocenters. The Hall–Kier alpha value is -2.63. The number of nitrogens with one attached hydrogen (secondary N) is 1. The molecule has 22 heavy (non-hydrogen) atoms. The van der Waals surface area contributed by atoms with E-state index in [0.717, 1.165) is 5.69 Å². The van der Waals surface area contributed by atoms with Gasteiger partial charge in [0.1, 0.15) is 0 Å². The molecule has 1 aromatic carbocycles. The summed E-state index contributed by atoms with van der Waals surface area (Å²) in [4.78, 5) is 23.3. The van der Waals surface area contributed by atoms with Gasteiger partial charge in [-0.3, -0.25) is 9.59 Å². The number of aromatic nitrogens is 2. The predicted molar refractivity (Wildman–Crippen MR) is 79.8 cm³/mol. The van der Waals surface area contributed by atoms with Gasteiger partial charge in [-0.2, -0.15) is 5.10 Å². The van der Waals surface area contributed by atoms with E-state index in [4.69, 9.17) is 5.11 Å². The number of carboxylic acid groups (broad SMARTS) is 1. The van der Waals surface area contributed by atoms with Gasteiger partial charge in [-0.25, -0.2) is 4.68 Å². The van der Waals surface area contributed by atoms with Gasteiger partial charge in [0.2, 0.25) is 0 Å². The van der Waals surface area contributed by atoms with Crippen molar-refractivity contribution in [1.29, 1.82) is 0 Å². The van der Waals surface area contributed by atoms with Gasteiger partial charge in [0.05, 0.1) is 11.6 Å². The second-order valence-electron chi connectivity index (χ2n) is 5.52.